The van der Waals surface area contributed by atoms with Crippen molar-refractivity contribution in [2.45, 2.75) is 73.2 Å². The Balaban J connectivity index is 3.68. The monoisotopic (exact) mass is 658 g/mol. The van der Waals surface area contributed by atoms with Gasteiger partial charge in [0.25, 0.3) is 0 Å². The zero-order valence-electron chi connectivity index (χ0n) is 18.6. The molecule has 1 aliphatic rings. The van der Waals surface area contributed by atoms with Crippen LogP contribution in [0.5, 0.6) is 0 Å². The summed E-state index contributed by atoms with van der Waals surface area (Å²) in [4.78, 5) is 11.6. The fourth-order valence-corrected chi connectivity index (χ4v) is 8.79. The lowest BCUT2D eigenvalue weighted by Crippen LogP contribution is -2.75. The van der Waals surface area contributed by atoms with Crippen molar-refractivity contribution in [1.82, 2.24) is 0 Å². The zero-order chi connectivity index (χ0) is 31.5. The van der Waals surface area contributed by atoms with Gasteiger partial charge in [0.2, 0.25) is 0 Å². The molecule has 0 radical (unpaired) electrons. The Morgan fingerprint density at radius 1 is 0.641 bits per heavy atom. The second kappa shape index (κ2) is 9.93. The summed E-state index contributed by atoms with van der Waals surface area (Å²) in [6, 6.07) is 0. The third-order valence-corrected chi connectivity index (χ3v) is 11.0. The highest BCUT2D eigenvalue weighted by atomic mass is 32.3. The number of alkyl halides is 17. The van der Waals surface area contributed by atoms with E-state index in [2.05, 4.69) is 3.63 Å². The molecule has 0 amide bonds. The van der Waals surface area contributed by atoms with Crippen LogP contribution in [0.2, 0.25) is 0 Å². The second-order valence-electron chi connectivity index (χ2n) is 8.10. The summed E-state index contributed by atoms with van der Waals surface area (Å²) in [5, 5.41) is -7.73. The highest BCUT2D eigenvalue weighted by Crippen LogP contribution is 2.65. The normalized spacial score (nSPS) is 19.7. The van der Waals surface area contributed by atoms with Gasteiger partial charge in [0.05, 0.1) is 5.75 Å². The molecule has 0 bridgehead atoms. The van der Waals surface area contributed by atoms with Gasteiger partial charge in [-0.2, -0.15) is 83.1 Å². The quantitative estimate of drug-likeness (QED) is 0.217. The molecule has 0 unspecified atom stereocenters. The first-order valence-electron chi connectivity index (χ1n) is 9.82. The summed E-state index contributed by atoms with van der Waals surface area (Å²) in [7, 11) is -11.4. The number of Topliss-reactive ketones (excluding diaryl/α,β-unsaturated/α-hetero) is 1. The Morgan fingerprint density at radius 3 is 1.31 bits per heavy atom. The number of carbonyl (C=O) groups excluding carboxylic acids is 1. The standard InChI is InChI=1S/C16H15F17O4S2/c1-2-8(34)7-38(5-3-4-6-38)37-39(35,36)16(32,33)14(27,28)12(23,24)10(19,20)9(17,18)11(21,22)13(25,26)15(29,30)31/h2-7H2,1H3. The molecule has 234 valence electrons. The molecule has 4 nitrogen and oxygen atoms in total. The van der Waals surface area contributed by atoms with Crippen molar-refractivity contribution < 1.29 is 91.5 Å². The van der Waals surface area contributed by atoms with Crippen molar-refractivity contribution in [3.8, 4) is 0 Å². The molecular formula is C16H15F17O4S2. The van der Waals surface area contributed by atoms with Crippen LogP contribution >= 0.6 is 10.3 Å². The predicted molar refractivity (Wildman–Crippen MR) is 97.4 cm³/mol. The van der Waals surface area contributed by atoms with Crippen LogP contribution in [0.4, 0.5) is 74.6 Å². The van der Waals surface area contributed by atoms with Crippen molar-refractivity contribution in [3.05, 3.63) is 0 Å². The molecule has 1 fully saturated rings. The van der Waals surface area contributed by atoms with Crippen LogP contribution in [0.1, 0.15) is 26.2 Å². The van der Waals surface area contributed by atoms with Gasteiger partial charge in [-0.3, -0.25) is 4.79 Å². The molecule has 0 spiro atoms. The van der Waals surface area contributed by atoms with Crippen LogP contribution in [0.25, 0.3) is 0 Å². The number of ketones is 1. The van der Waals surface area contributed by atoms with E-state index >= 15 is 0 Å². The zero-order valence-corrected chi connectivity index (χ0v) is 20.3. The SMILES string of the molecule is CCC(=O)CS1(OS(=O)(=O)C(F)(F)C(F)(F)C(F)(F)C(F)(F)C(F)(F)C(F)(F)C(F)(F)C(F)(F)F)CCCC1. The maximum atomic E-state index is 14.2. The van der Waals surface area contributed by atoms with E-state index in [0.29, 0.717) is 0 Å². The molecule has 0 saturated carbocycles. The molecule has 1 heterocycles. The van der Waals surface area contributed by atoms with Crippen LogP contribution in [0.15, 0.2) is 0 Å². The number of rotatable bonds is 12. The molecule has 0 N–H and O–H groups in total. The summed E-state index contributed by atoms with van der Waals surface area (Å²) in [5.74, 6) is -55.3. The van der Waals surface area contributed by atoms with Gasteiger partial charge in [-0.05, 0) is 12.8 Å². The van der Waals surface area contributed by atoms with E-state index in [-0.39, 0.29) is 12.8 Å². The molecule has 39 heavy (non-hydrogen) atoms. The predicted octanol–water partition coefficient (Wildman–Crippen LogP) is 6.79. The van der Waals surface area contributed by atoms with Crippen LogP contribution in [-0.2, 0) is 18.5 Å². The number of hydrogen-bond acceptors (Lipinski definition) is 4. The highest BCUT2D eigenvalue weighted by Gasteiger charge is 2.96. The Bertz CT molecular complexity index is 1030. The summed E-state index contributed by atoms with van der Waals surface area (Å²) < 4.78 is 255. The minimum atomic E-state index is -8.91. The fourth-order valence-electron chi connectivity index (χ4n) is 3.00. The Hall–Kier alpha value is -1.26. The van der Waals surface area contributed by atoms with Crippen molar-refractivity contribution in [2.24, 2.45) is 0 Å². The van der Waals surface area contributed by atoms with Crippen LogP contribution in [0, 0.1) is 0 Å². The van der Waals surface area contributed by atoms with Gasteiger partial charge >= 0.3 is 57.1 Å². The largest absolute Gasteiger partial charge is 0.460 e. The van der Waals surface area contributed by atoms with Gasteiger partial charge in [0, 0.05) is 17.9 Å². The van der Waals surface area contributed by atoms with Crippen LogP contribution in [0.3, 0.4) is 0 Å². The van der Waals surface area contributed by atoms with E-state index in [4.69, 9.17) is 0 Å². The average Bonchev–Trinajstić information content (AvgIpc) is 3.18. The Kier molecular flexibility index (Phi) is 9.11. The van der Waals surface area contributed by atoms with Crippen molar-refractivity contribution >= 4 is 26.2 Å². The molecule has 0 aromatic heterocycles. The molecule has 1 saturated heterocycles. The Morgan fingerprint density at radius 2 is 0.974 bits per heavy atom. The van der Waals surface area contributed by atoms with E-state index in [0.717, 1.165) is 6.92 Å². The van der Waals surface area contributed by atoms with Gasteiger partial charge in [0.1, 0.15) is 5.78 Å². The van der Waals surface area contributed by atoms with Crippen molar-refractivity contribution in [1.29, 1.82) is 0 Å². The van der Waals surface area contributed by atoms with E-state index in [1.165, 1.54) is 0 Å². The lowest BCUT2D eigenvalue weighted by Gasteiger charge is -2.43. The summed E-state index contributed by atoms with van der Waals surface area (Å²) in [5.41, 5.74) is 0. The van der Waals surface area contributed by atoms with Gasteiger partial charge in [-0.15, -0.1) is 10.3 Å². The summed E-state index contributed by atoms with van der Waals surface area (Å²) in [6.07, 6.45) is -8.57. The number of halogens is 17. The minimum absolute atomic E-state index is 0.118. The molecule has 0 aromatic rings. The number of hydrogen-bond donors (Lipinski definition) is 0. The molecule has 0 atom stereocenters. The van der Waals surface area contributed by atoms with Gasteiger partial charge in [-0.25, -0.2) is 3.63 Å². The van der Waals surface area contributed by atoms with Crippen LogP contribution in [-0.4, -0.2) is 78.4 Å². The highest BCUT2D eigenvalue weighted by molar-refractivity contribution is 8.33. The molecular weight excluding hydrogens is 643 g/mol. The van der Waals surface area contributed by atoms with E-state index in [1.807, 2.05) is 0 Å². The third-order valence-electron chi connectivity index (χ3n) is 5.34. The summed E-state index contributed by atoms with van der Waals surface area (Å²) in [6.45, 7) is 1.14. The van der Waals surface area contributed by atoms with E-state index in [9.17, 15) is 87.8 Å². The molecule has 23 heteroatoms. The van der Waals surface area contributed by atoms with E-state index in [1.54, 1.807) is 0 Å². The maximum absolute atomic E-state index is 14.2. The first-order chi connectivity index (χ1) is 16.9. The van der Waals surface area contributed by atoms with Crippen LogP contribution < -0.4 is 0 Å². The molecule has 1 rings (SSSR count). The first-order valence-corrected chi connectivity index (χ1v) is 13.3. The van der Waals surface area contributed by atoms with E-state index < -0.39 is 96.9 Å². The third kappa shape index (κ3) is 5.16. The van der Waals surface area contributed by atoms with Gasteiger partial charge < -0.3 is 0 Å². The molecule has 0 aromatic carbocycles. The van der Waals surface area contributed by atoms with Gasteiger partial charge in [-0.1, -0.05) is 6.92 Å². The average molecular weight is 658 g/mol. The number of carbonyl (C=O) groups is 1. The van der Waals surface area contributed by atoms with Gasteiger partial charge in [0.15, 0.2) is 0 Å². The Labute approximate surface area is 208 Å². The first kappa shape index (κ1) is 35.8. The van der Waals surface area contributed by atoms with Crippen molar-refractivity contribution in [2.75, 3.05) is 17.3 Å². The summed E-state index contributed by atoms with van der Waals surface area (Å²) >= 11 is 0. The second-order valence-corrected chi connectivity index (χ2v) is 13.1. The van der Waals surface area contributed by atoms with Crippen molar-refractivity contribution in [3.63, 3.8) is 0 Å². The lowest BCUT2D eigenvalue weighted by molar-refractivity contribution is -0.458. The smallest absolute Gasteiger partial charge is 0.299 e. The topological polar surface area (TPSA) is 60.4 Å². The fraction of sp³-hybridized carbons (Fsp3) is 0.938. The minimum Gasteiger partial charge on any atom is -0.299 e. The maximum Gasteiger partial charge on any atom is 0.460 e. The molecule has 0 aliphatic carbocycles. The molecule has 1 aliphatic heterocycles. The lowest BCUT2D eigenvalue weighted by atomic mass is 9.91.